The van der Waals surface area contributed by atoms with Crippen LogP contribution in [0.1, 0.15) is 34.0 Å². The summed E-state index contributed by atoms with van der Waals surface area (Å²) in [5.74, 6) is -1.63. The molecule has 0 spiro atoms. The summed E-state index contributed by atoms with van der Waals surface area (Å²) in [6.07, 6.45) is 0.519. The Morgan fingerprint density at radius 1 is 1.17 bits per heavy atom. The summed E-state index contributed by atoms with van der Waals surface area (Å²) < 4.78 is 31.2. The van der Waals surface area contributed by atoms with Crippen molar-refractivity contribution in [2.45, 2.75) is 19.8 Å². The molecule has 0 atom stereocenters. The van der Waals surface area contributed by atoms with Gasteiger partial charge in [0.25, 0.3) is 0 Å². The standard InChI is InChI=1S/C18H18F2O3/c1-2-23-18(22)14-10-16(20)15(17(21)11-14)9-13-5-3-12(4-6-13)7-8-19/h3-6,10-11,21H,2,7-9H2,1H3. The summed E-state index contributed by atoms with van der Waals surface area (Å²) in [5, 5.41) is 9.99. The van der Waals surface area contributed by atoms with Crippen LogP contribution in [0.15, 0.2) is 36.4 Å². The number of hydrogen-bond donors (Lipinski definition) is 1. The van der Waals surface area contributed by atoms with Crippen LogP contribution in [-0.2, 0) is 17.6 Å². The fraction of sp³-hybridized carbons (Fsp3) is 0.278. The maximum atomic E-state index is 14.2. The highest BCUT2D eigenvalue weighted by molar-refractivity contribution is 5.90. The molecule has 3 nitrogen and oxygen atoms in total. The first-order valence-electron chi connectivity index (χ1n) is 7.37. The zero-order valence-corrected chi connectivity index (χ0v) is 12.8. The molecule has 5 heteroatoms. The molecule has 2 aromatic rings. The lowest BCUT2D eigenvalue weighted by atomic mass is 10.00. The predicted octanol–water partition coefficient (Wildman–Crippen LogP) is 3.81. The van der Waals surface area contributed by atoms with Crippen molar-refractivity contribution in [3.8, 4) is 5.75 Å². The van der Waals surface area contributed by atoms with Crippen molar-refractivity contribution in [1.29, 1.82) is 0 Å². The molecule has 23 heavy (non-hydrogen) atoms. The number of esters is 1. The topological polar surface area (TPSA) is 46.5 Å². The van der Waals surface area contributed by atoms with E-state index in [1.165, 1.54) is 6.07 Å². The van der Waals surface area contributed by atoms with Gasteiger partial charge in [-0.25, -0.2) is 9.18 Å². The Morgan fingerprint density at radius 2 is 1.83 bits per heavy atom. The van der Waals surface area contributed by atoms with Gasteiger partial charge in [-0.1, -0.05) is 24.3 Å². The monoisotopic (exact) mass is 320 g/mol. The minimum Gasteiger partial charge on any atom is -0.508 e. The number of phenols is 1. The first-order valence-corrected chi connectivity index (χ1v) is 7.37. The molecule has 0 aliphatic heterocycles. The van der Waals surface area contributed by atoms with Crippen molar-refractivity contribution < 1.29 is 23.4 Å². The minimum absolute atomic E-state index is 0.0242. The maximum Gasteiger partial charge on any atom is 0.338 e. The van der Waals surface area contributed by atoms with Crippen LogP contribution in [0.25, 0.3) is 0 Å². The van der Waals surface area contributed by atoms with Crippen molar-refractivity contribution in [2.75, 3.05) is 13.3 Å². The number of alkyl halides is 1. The number of aromatic hydroxyl groups is 1. The highest BCUT2D eigenvalue weighted by Gasteiger charge is 2.15. The molecule has 2 rings (SSSR count). The summed E-state index contributed by atoms with van der Waals surface area (Å²) in [6.45, 7) is 1.40. The quantitative estimate of drug-likeness (QED) is 0.823. The molecule has 0 bridgehead atoms. The Kier molecular flexibility index (Phi) is 5.68. The molecule has 0 saturated heterocycles. The Bertz CT molecular complexity index is 658. The van der Waals surface area contributed by atoms with Crippen LogP contribution in [0.5, 0.6) is 5.75 Å². The van der Waals surface area contributed by atoms with Crippen LogP contribution in [-0.4, -0.2) is 24.4 Å². The predicted molar refractivity (Wildman–Crippen MR) is 82.9 cm³/mol. The van der Waals surface area contributed by atoms with E-state index in [4.69, 9.17) is 4.74 Å². The van der Waals surface area contributed by atoms with E-state index in [1.807, 2.05) is 0 Å². The fourth-order valence-corrected chi connectivity index (χ4v) is 2.27. The van der Waals surface area contributed by atoms with Crippen LogP contribution in [0.2, 0.25) is 0 Å². The average molecular weight is 320 g/mol. The number of carbonyl (C=O) groups excluding carboxylic acids is 1. The number of rotatable bonds is 6. The first kappa shape index (κ1) is 16.9. The van der Waals surface area contributed by atoms with E-state index >= 15 is 0 Å². The molecule has 0 unspecified atom stereocenters. The van der Waals surface area contributed by atoms with Gasteiger partial charge in [0.2, 0.25) is 0 Å². The van der Waals surface area contributed by atoms with Gasteiger partial charge in [0.05, 0.1) is 18.8 Å². The number of halogens is 2. The molecule has 0 aliphatic rings. The summed E-state index contributed by atoms with van der Waals surface area (Å²) >= 11 is 0. The zero-order valence-electron chi connectivity index (χ0n) is 12.8. The second-order valence-electron chi connectivity index (χ2n) is 5.11. The fourth-order valence-electron chi connectivity index (χ4n) is 2.27. The van der Waals surface area contributed by atoms with Gasteiger partial charge >= 0.3 is 5.97 Å². The molecular weight excluding hydrogens is 302 g/mol. The molecule has 0 heterocycles. The Hall–Kier alpha value is -2.43. The van der Waals surface area contributed by atoms with E-state index < -0.39 is 18.5 Å². The molecule has 1 N–H and O–H groups in total. The van der Waals surface area contributed by atoms with Crippen molar-refractivity contribution >= 4 is 5.97 Å². The summed E-state index contributed by atoms with van der Waals surface area (Å²) in [6, 6.07) is 9.35. The average Bonchev–Trinajstić information content (AvgIpc) is 2.53. The summed E-state index contributed by atoms with van der Waals surface area (Å²) in [7, 11) is 0. The minimum atomic E-state index is -0.677. The number of carbonyl (C=O) groups is 1. The normalized spacial score (nSPS) is 10.6. The second kappa shape index (κ2) is 7.72. The summed E-state index contributed by atoms with van der Waals surface area (Å²) in [5.41, 5.74) is 1.73. The van der Waals surface area contributed by atoms with Gasteiger partial charge in [-0.3, -0.25) is 4.39 Å². The largest absolute Gasteiger partial charge is 0.508 e. The van der Waals surface area contributed by atoms with E-state index in [0.29, 0.717) is 6.42 Å². The SMILES string of the molecule is CCOC(=O)c1cc(O)c(Cc2ccc(CCF)cc2)c(F)c1. The Labute approximate surface area is 133 Å². The summed E-state index contributed by atoms with van der Waals surface area (Å²) in [4.78, 5) is 11.6. The molecule has 0 aliphatic carbocycles. The molecule has 0 saturated carbocycles. The van der Waals surface area contributed by atoms with Gasteiger partial charge in [-0.05, 0) is 30.2 Å². The number of benzene rings is 2. The van der Waals surface area contributed by atoms with Crippen LogP contribution in [0, 0.1) is 5.82 Å². The Morgan fingerprint density at radius 3 is 2.39 bits per heavy atom. The lowest BCUT2D eigenvalue weighted by molar-refractivity contribution is 0.0525. The van der Waals surface area contributed by atoms with Crippen LogP contribution in [0.3, 0.4) is 0 Å². The Balaban J connectivity index is 2.21. The molecule has 0 aromatic heterocycles. The number of hydrogen-bond acceptors (Lipinski definition) is 3. The molecule has 0 radical (unpaired) electrons. The van der Waals surface area contributed by atoms with Crippen molar-refractivity contribution in [3.63, 3.8) is 0 Å². The molecule has 0 amide bonds. The highest BCUT2D eigenvalue weighted by Crippen LogP contribution is 2.26. The second-order valence-corrected chi connectivity index (χ2v) is 5.11. The molecule has 0 fully saturated rings. The van der Waals surface area contributed by atoms with E-state index in [0.717, 1.165) is 17.2 Å². The van der Waals surface area contributed by atoms with E-state index in [2.05, 4.69) is 0 Å². The lowest BCUT2D eigenvalue weighted by Gasteiger charge is -2.09. The molecule has 122 valence electrons. The number of phenolic OH excluding ortho intramolecular Hbond substituents is 1. The third kappa shape index (κ3) is 4.28. The van der Waals surface area contributed by atoms with Crippen molar-refractivity contribution in [1.82, 2.24) is 0 Å². The van der Waals surface area contributed by atoms with Crippen molar-refractivity contribution in [2.24, 2.45) is 0 Å². The van der Waals surface area contributed by atoms with Crippen LogP contribution >= 0.6 is 0 Å². The van der Waals surface area contributed by atoms with Gasteiger partial charge in [0.1, 0.15) is 11.6 Å². The molecule has 2 aromatic carbocycles. The van der Waals surface area contributed by atoms with E-state index in [9.17, 15) is 18.7 Å². The van der Waals surface area contributed by atoms with E-state index in [-0.39, 0.29) is 29.9 Å². The van der Waals surface area contributed by atoms with E-state index in [1.54, 1.807) is 31.2 Å². The lowest BCUT2D eigenvalue weighted by Crippen LogP contribution is -2.06. The molecular formula is C18H18F2O3. The third-order valence-corrected chi connectivity index (χ3v) is 3.47. The third-order valence-electron chi connectivity index (χ3n) is 3.47. The van der Waals surface area contributed by atoms with Crippen LogP contribution < -0.4 is 0 Å². The van der Waals surface area contributed by atoms with Gasteiger partial charge in [-0.2, -0.15) is 0 Å². The maximum absolute atomic E-state index is 14.2. The first-order chi connectivity index (χ1) is 11.0. The zero-order chi connectivity index (χ0) is 16.8. The number of aryl methyl sites for hydroxylation is 1. The highest BCUT2D eigenvalue weighted by atomic mass is 19.1. The number of ether oxygens (including phenoxy) is 1. The van der Waals surface area contributed by atoms with Crippen LogP contribution in [0.4, 0.5) is 8.78 Å². The van der Waals surface area contributed by atoms with Gasteiger partial charge < -0.3 is 9.84 Å². The van der Waals surface area contributed by atoms with Gasteiger partial charge in [0, 0.05) is 18.4 Å². The van der Waals surface area contributed by atoms with Crippen molar-refractivity contribution in [3.05, 3.63) is 64.5 Å². The van der Waals surface area contributed by atoms with Gasteiger partial charge in [0.15, 0.2) is 0 Å². The smallest absolute Gasteiger partial charge is 0.338 e. The van der Waals surface area contributed by atoms with Gasteiger partial charge in [-0.15, -0.1) is 0 Å².